The molecule has 1 aromatic carbocycles. The summed E-state index contributed by atoms with van der Waals surface area (Å²) in [4.78, 5) is 16.6. The molecule has 0 amide bonds. The van der Waals surface area contributed by atoms with Crippen LogP contribution in [0.3, 0.4) is 0 Å². The molecule has 0 saturated heterocycles. The second kappa shape index (κ2) is 9.60. The van der Waals surface area contributed by atoms with Crippen LogP contribution in [0.2, 0.25) is 0 Å². The van der Waals surface area contributed by atoms with Crippen molar-refractivity contribution in [1.82, 2.24) is 4.98 Å². The lowest BCUT2D eigenvalue weighted by Gasteiger charge is -2.15. The number of methoxy groups -OCH3 is 3. The van der Waals surface area contributed by atoms with Crippen LogP contribution in [-0.4, -0.2) is 37.4 Å². The van der Waals surface area contributed by atoms with Gasteiger partial charge in [0, 0.05) is 5.56 Å². The van der Waals surface area contributed by atoms with Crippen molar-refractivity contribution in [2.24, 2.45) is 0 Å². The molecule has 0 fully saturated rings. The Balaban J connectivity index is 2.54. The van der Waals surface area contributed by atoms with Gasteiger partial charge in [0.15, 0.2) is 0 Å². The van der Waals surface area contributed by atoms with Crippen LogP contribution < -0.4 is 9.47 Å². The summed E-state index contributed by atoms with van der Waals surface area (Å²) in [5, 5.41) is 10.8. The molecule has 0 unspecified atom stereocenters. The lowest BCUT2D eigenvalue weighted by Crippen LogP contribution is -2.07. The number of aromatic nitrogens is 1. The molecule has 1 heterocycles. The third-order valence-electron chi connectivity index (χ3n) is 4.15. The molecule has 0 bridgehead atoms. The van der Waals surface area contributed by atoms with Crippen LogP contribution >= 0.6 is 0 Å². The Hall–Kier alpha value is -3.28. The quantitative estimate of drug-likeness (QED) is 0.568. The summed E-state index contributed by atoms with van der Waals surface area (Å²) >= 11 is 0. The number of phenols is 1. The molecule has 0 aliphatic carbocycles. The van der Waals surface area contributed by atoms with Crippen molar-refractivity contribution in [2.45, 2.75) is 20.3 Å². The highest BCUT2D eigenvalue weighted by atomic mass is 16.5. The lowest BCUT2D eigenvalue weighted by atomic mass is 9.97. The summed E-state index contributed by atoms with van der Waals surface area (Å²) in [7, 11) is 4.37. The fourth-order valence-electron chi connectivity index (χ4n) is 2.62. The number of nitrogens with zero attached hydrogens (tertiary/aromatic N) is 1. The first-order valence-corrected chi connectivity index (χ1v) is 8.73. The van der Waals surface area contributed by atoms with Gasteiger partial charge >= 0.3 is 5.97 Å². The van der Waals surface area contributed by atoms with E-state index in [-0.39, 0.29) is 11.3 Å². The average molecular weight is 383 g/mol. The zero-order valence-electron chi connectivity index (χ0n) is 16.8. The smallest absolute Gasteiger partial charge is 0.342 e. The molecule has 0 aliphatic heterocycles. The molecular weight excluding hydrogens is 358 g/mol. The highest BCUT2D eigenvalue weighted by Gasteiger charge is 2.22. The largest absolute Gasteiger partial charge is 0.507 e. The molecule has 0 radical (unpaired) electrons. The van der Waals surface area contributed by atoms with Crippen molar-refractivity contribution in [2.75, 3.05) is 21.3 Å². The SMILES string of the molecule is COC(=O)c1c(C=Cc2ccc(OC)cn2)cc(OC)c(CC=C(C)C)c1O. The number of pyridine rings is 1. The van der Waals surface area contributed by atoms with Crippen LogP contribution in [0.1, 0.15) is 41.0 Å². The van der Waals surface area contributed by atoms with E-state index in [1.165, 1.54) is 14.2 Å². The number of esters is 1. The minimum atomic E-state index is -0.624. The number of carbonyl (C=O) groups is 1. The van der Waals surface area contributed by atoms with Gasteiger partial charge in [-0.05, 0) is 50.1 Å². The number of aromatic hydroxyl groups is 1. The summed E-state index contributed by atoms with van der Waals surface area (Å²) in [6, 6.07) is 5.28. The molecule has 1 N–H and O–H groups in total. The number of ether oxygens (including phenoxy) is 3. The summed E-state index contributed by atoms with van der Waals surface area (Å²) in [6.45, 7) is 3.92. The van der Waals surface area contributed by atoms with E-state index in [0.29, 0.717) is 34.7 Å². The summed E-state index contributed by atoms with van der Waals surface area (Å²) in [6.07, 6.45) is 7.41. The minimum absolute atomic E-state index is 0.0882. The maximum Gasteiger partial charge on any atom is 0.342 e. The van der Waals surface area contributed by atoms with Crippen LogP contribution in [0.25, 0.3) is 12.2 Å². The lowest BCUT2D eigenvalue weighted by molar-refractivity contribution is 0.0597. The van der Waals surface area contributed by atoms with Gasteiger partial charge in [-0.15, -0.1) is 0 Å². The number of rotatable bonds is 7. The van der Waals surface area contributed by atoms with E-state index in [1.54, 1.807) is 43.7 Å². The normalized spacial score (nSPS) is 10.6. The van der Waals surface area contributed by atoms with Crippen molar-refractivity contribution in [3.63, 3.8) is 0 Å². The standard InChI is InChI=1S/C22H25NO5/c1-14(2)6-11-18-19(27-4)12-15(20(21(18)24)22(25)28-5)7-8-16-9-10-17(26-3)13-23-16/h6-10,12-13,24H,11H2,1-5H3. The van der Waals surface area contributed by atoms with Crippen LogP contribution in [0.5, 0.6) is 17.2 Å². The molecule has 2 rings (SSSR count). The van der Waals surface area contributed by atoms with Crippen molar-refractivity contribution < 1.29 is 24.1 Å². The fraction of sp³-hybridized carbons (Fsp3) is 0.273. The van der Waals surface area contributed by atoms with Crippen LogP contribution in [0.15, 0.2) is 36.0 Å². The number of phenolic OH excluding ortho intramolecular Hbond substituents is 1. The van der Waals surface area contributed by atoms with E-state index < -0.39 is 5.97 Å². The average Bonchev–Trinajstić information content (AvgIpc) is 2.70. The molecule has 1 aromatic heterocycles. The Morgan fingerprint density at radius 1 is 1.14 bits per heavy atom. The molecular formula is C22H25NO5. The van der Waals surface area contributed by atoms with Gasteiger partial charge in [-0.3, -0.25) is 4.98 Å². The summed E-state index contributed by atoms with van der Waals surface area (Å²) in [5.41, 5.74) is 2.85. The molecule has 0 atom stereocenters. The number of benzene rings is 1. The Bertz CT molecular complexity index is 894. The third kappa shape index (κ3) is 4.91. The van der Waals surface area contributed by atoms with Gasteiger partial charge in [0.05, 0.1) is 33.2 Å². The van der Waals surface area contributed by atoms with Gasteiger partial charge in [0.2, 0.25) is 0 Å². The monoisotopic (exact) mass is 383 g/mol. The first kappa shape index (κ1) is 21.0. The molecule has 148 valence electrons. The molecule has 6 nitrogen and oxygen atoms in total. The van der Waals surface area contributed by atoms with Gasteiger partial charge in [0.1, 0.15) is 22.8 Å². The molecule has 0 aliphatic rings. The predicted octanol–water partition coefficient (Wildman–Crippen LogP) is 4.27. The maximum atomic E-state index is 12.3. The zero-order valence-corrected chi connectivity index (χ0v) is 16.8. The number of carbonyl (C=O) groups excluding carboxylic acids is 1. The maximum absolute atomic E-state index is 12.3. The van der Waals surface area contributed by atoms with Crippen molar-refractivity contribution in [1.29, 1.82) is 0 Å². The number of allylic oxidation sites excluding steroid dienone is 2. The first-order valence-electron chi connectivity index (χ1n) is 8.73. The van der Waals surface area contributed by atoms with Gasteiger partial charge < -0.3 is 19.3 Å². The molecule has 0 spiro atoms. The topological polar surface area (TPSA) is 77.9 Å². The first-order chi connectivity index (χ1) is 13.4. The van der Waals surface area contributed by atoms with Crippen LogP contribution in [0, 0.1) is 0 Å². The Labute approximate surface area is 165 Å². The van der Waals surface area contributed by atoms with Crippen molar-refractivity contribution in [3.05, 3.63) is 58.4 Å². The van der Waals surface area contributed by atoms with Crippen molar-refractivity contribution >= 4 is 18.1 Å². The second-order valence-electron chi connectivity index (χ2n) is 6.30. The fourth-order valence-corrected chi connectivity index (χ4v) is 2.62. The van der Waals surface area contributed by atoms with Gasteiger partial charge in [-0.1, -0.05) is 17.7 Å². The number of hydrogen-bond acceptors (Lipinski definition) is 6. The predicted molar refractivity (Wildman–Crippen MR) is 109 cm³/mol. The highest BCUT2D eigenvalue weighted by molar-refractivity contribution is 5.98. The molecule has 0 saturated carbocycles. The van der Waals surface area contributed by atoms with E-state index >= 15 is 0 Å². The Kier molecular flexibility index (Phi) is 7.21. The van der Waals surface area contributed by atoms with E-state index in [2.05, 4.69) is 4.98 Å². The minimum Gasteiger partial charge on any atom is -0.507 e. The van der Waals surface area contributed by atoms with Gasteiger partial charge in [-0.2, -0.15) is 0 Å². The third-order valence-corrected chi connectivity index (χ3v) is 4.15. The number of hydrogen-bond donors (Lipinski definition) is 1. The van der Waals surface area contributed by atoms with E-state index in [1.807, 2.05) is 19.9 Å². The van der Waals surface area contributed by atoms with Gasteiger partial charge in [0.25, 0.3) is 0 Å². The summed E-state index contributed by atoms with van der Waals surface area (Å²) < 4.78 is 15.4. The Morgan fingerprint density at radius 2 is 1.89 bits per heavy atom. The molecule has 28 heavy (non-hydrogen) atoms. The zero-order chi connectivity index (χ0) is 20.7. The molecule has 6 heteroatoms. The van der Waals surface area contributed by atoms with Gasteiger partial charge in [-0.25, -0.2) is 4.79 Å². The van der Waals surface area contributed by atoms with E-state index in [4.69, 9.17) is 14.2 Å². The van der Waals surface area contributed by atoms with E-state index in [0.717, 1.165) is 5.57 Å². The second-order valence-corrected chi connectivity index (χ2v) is 6.30. The van der Waals surface area contributed by atoms with Crippen LogP contribution in [0.4, 0.5) is 0 Å². The summed E-state index contributed by atoms with van der Waals surface area (Å²) in [5.74, 6) is 0.368. The highest BCUT2D eigenvalue weighted by Crippen LogP contribution is 2.36. The van der Waals surface area contributed by atoms with Crippen molar-refractivity contribution in [3.8, 4) is 17.2 Å². The molecule has 2 aromatic rings. The Morgan fingerprint density at radius 3 is 2.43 bits per heavy atom. The van der Waals surface area contributed by atoms with Crippen LogP contribution in [-0.2, 0) is 11.2 Å². The van der Waals surface area contributed by atoms with E-state index in [9.17, 15) is 9.90 Å².